The maximum absolute atomic E-state index is 5.75. The van der Waals surface area contributed by atoms with Crippen molar-refractivity contribution in [1.82, 2.24) is 14.9 Å². The molecule has 0 bridgehead atoms. The lowest BCUT2D eigenvalue weighted by Crippen LogP contribution is -2.23. The first kappa shape index (κ1) is 10.4. The highest BCUT2D eigenvalue weighted by Crippen LogP contribution is 2.29. The van der Waals surface area contributed by atoms with E-state index in [1.54, 1.807) is 6.20 Å². The molecule has 0 saturated carbocycles. The fraction of sp³-hybridized carbons (Fsp3) is 0.308. The maximum Gasteiger partial charge on any atom is 0.124 e. The maximum atomic E-state index is 5.75. The van der Waals surface area contributed by atoms with Crippen LogP contribution in [0.25, 0.3) is 16.5 Å². The molecule has 3 rings (SSSR count). The average Bonchev–Trinajstić information content (AvgIpc) is 2.73. The van der Waals surface area contributed by atoms with Crippen molar-refractivity contribution < 1.29 is 0 Å². The van der Waals surface area contributed by atoms with Crippen LogP contribution in [0.4, 0.5) is 5.82 Å². The molecule has 17 heavy (non-hydrogen) atoms. The SMILES string of the molecule is CN1CC=C(c2c[nH]c3cnc(N)cc23)CC1. The van der Waals surface area contributed by atoms with Gasteiger partial charge in [0.1, 0.15) is 5.82 Å². The Morgan fingerprint density at radius 2 is 2.35 bits per heavy atom. The predicted molar refractivity (Wildman–Crippen MR) is 70.6 cm³/mol. The highest BCUT2D eigenvalue weighted by atomic mass is 15.1. The Bertz CT molecular complexity index is 582. The van der Waals surface area contributed by atoms with E-state index < -0.39 is 0 Å². The molecule has 0 radical (unpaired) electrons. The topological polar surface area (TPSA) is 57.9 Å². The Morgan fingerprint density at radius 3 is 3.12 bits per heavy atom. The fourth-order valence-electron chi connectivity index (χ4n) is 2.32. The second-order valence-electron chi connectivity index (χ2n) is 4.60. The van der Waals surface area contributed by atoms with Gasteiger partial charge in [-0.25, -0.2) is 4.98 Å². The third-order valence-corrected chi connectivity index (χ3v) is 3.35. The largest absolute Gasteiger partial charge is 0.384 e. The van der Waals surface area contributed by atoms with Gasteiger partial charge in [-0.15, -0.1) is 0 Å². The van der Waals surface area contributed by atoms with Crippen LogP contribution in [0.15, 0.2) is 24.5 Å². The number of fused-ring (bicyclic) bond motifs is 1. The molecular formula is C13H16N4. The van der Waals surface area contributed by atoms with Gasteiger partial charge in [-0.1, -0.05) is 6.08 Å². The van der Waals surface area contributed by atoms with Gasteiger partial charge < -0.3 is 15.6 Å². The van der Waals surface area contributed by atoms with Crippen molar-refractivity contribution in [1.29, 1.82) is 0 Å². The smallest absolute Gasteiger partial charge is 0.124 e. The zero-order valence-corrected chi connectivity index (χ0v) is 9.90. The molecule has 2 aromatic rings. The van der Waals surface area contributed by atoms with E-state index in [9.17, 15) is 0 Å². The lowest BCUT2D eigenvalue weighted by Gasteiger charge is -2.21. The molecule has 3 N–H and O–H groups in total. The fourth-order valence-corrected chi connectivity index (χ4v) is 2.32. The summed E-state index contributed by atoms with van der Waals surface area (Å²) in [6.45, 7) is 2.13. The number of anilines is 1. The normalized spacial score (nSPS) is 17.4. The van der Waals surface area contributed by atoms with Gasteiger partial charge in [0.15, 0.2) is 0 Å². The standard InChI is InChI=1S/C13H16N4/c1-17-4-2-9(3-5-17)11-7-15-12-8-16-13(14)6-10(11)12/h2,6-8,15H,3-5H2,1H3,(H2,14,16). The number of hydrogen-bond acceptors (Lipinski definition) is 3. The van der Waals surface area contributed by atoms with E-state index in [4.69, 9.17) is 5.73 Å². The molecule has 0 atom stereocenters. The number of nitrogens with one attached hydrogen (secondary N) is 1. The zero-order chi connectivity index (χ0) is 11.8. The van der Waals surface area contributed by atoms with Crippen LogP contribution in [-0.4, -0.2) is 35.0 Å². The highest BCUT2D eigenvalue weighted by Gasteiger charge is 2.13. The molecule has 4 heteroatoms. The molecular weight excluding hydrogens is 212 g/mol. The molecule has 0 unspecified atom stereocenters. The Hall–Kier alpha value is -1.81. The lowest BCUT2D eigenvalue weighted by atomic mass is 9.99. The van der Waals surface area contributed by atoms with E-state index in [2.05, 4.69) is 34.2 Å². The molecule has 4 nitrogen and oxygen atoms in total. The van der Waals surface area contributed by atoms with Crippen molar-refractivity contribution >= 4 is 22.3 Å². The number of nitrogens with two attached hydrogens (primary N) is 1. The average molecular weight is 228 g/mol. The van der Waals surface area contributed by atoms with Crippen molar-refractivity contribution in [2.75, 3.05) is 25.9 Å². The van der Waals surface area contributed by atoms with Crippen molar-refractivity contribution in [3.8, 4) is 0 Å². The van der Waals surface area contributed by atoms with Gasteiger partial charge in [0, 0.05) is 30.2 Å². The zero-order valence-electron chi connectivity index (χ0n) is 9.90. The van der Waals surface area contributed by atoms with Crippen LogP contribution in [0.2, 0.25) is 0 Å². The number of rotatable bonds is 1. The minimum Gasteiger partial charge on any atom is -0.384 e. The molecule has 1 aliphatic rings. The summed E-state index contributed by atoms with van der Waals surface area (Å²) in [6, 6.07) is 1.94. The summed E-state index contributed by atoms with van der Waals surface area (Å²) in [4.78, 5) is 9.66. The number of nitrogen functional groups attached to an aromatic ring is 1. The predicted octanol–water partition coefficient (Wildman–Crippen LogP) is 1.86. The second kappa shape index (κ2) is 3.89. The number of pyridine rings is 1. The number of aromatic amines is 1. The minimum absolute atomic E-state index is 0.576. The first-order valence-electron chi connectivity index (χ1n) is 5.84. The first-order chi connectivity index (χ1) is 8.24. The number of likely N-dealkylation sites (N-methyl/N-ethyl adjacent to an activating group) is 1. The monoisotopic (exact) mass is 228 g/mol. The Balaban J connectivity index is 2.08. The summed E-state index contributed by atoms with van der Waals surface area (Å²) < 4.78 is 0. The molecule has 0 aromatic carbocycles. The summed E-state index contributed by atoms with van der Waals surface area (Å²) in [5.74, 6) is 0.576. The molecule has 1 aliphatic heterocycles. The molecule has 0 aliphatic carbocycles. The van der Waals surface area contributed by atoms with Gasteiger partial charge in [-0.05, 0) is 25.1 Å². The van der Waals surface area contributed by atoms with Crippen molar-refractivity contribution in [2.24, 2.45) is 0 Å². The quantitative estimate of drug-likeness (QED) is 0.783. The van der Waals surface area contributed by atoms with Gasteiger partial charge in [0.05, 0.1) is 11.7 Å². The van der Waals surface area contributed by atoms with Gasteiger partial charge in [0.2, 0.25) is 0 Å². The van der Waals surface area contributed by atoms with Gasteiger partial charge in [-0.3, -0.25) is 0 Å². The molecule has 88 valence electrons. The van der Waals surface area contributed by atoms with E-state index in [0.29, 0.717) is 5.82 Å². The molecule has 2 aromatic heterocycles. The minimum atomic E-state index is 0.576. The molecule has 3 heterocycles. The number of hydrogen-bond donors (Lipinski definition) is 2. The van der Waals surface area contributed by atoms with Crippen LogP contribution >= 0.6 is 0 Å². The van der Waals surface area contributed by atoms with Crippen LogP contribution in [-0.2, 0) is 0 Å². The van der Waals surface area contributed by atoms with Crippen LogP contribution in [0.1, 0.15) is 12.0 Å². The summed E-state index contributed by atoms with van der Waals surface area (Å²) >= 11 is 0. The van der Waals surface area contributed by atoms with E-state index in [1.165, 1.54) is 16.5 Å². The van der Waals surface area contributed by atoms with Crippen molar-refractivity contribution in [3.05, 3.63) is 30.1 Å². The second-order valence-corrected chi connectivity index (χ2v) is 4.60. The Kier molecular flexibility index (Phi) is 2.37. The van der Waals surface area contributed by atoms with E-state index in [-0.39, 0.29) is 0 Å². The molecule has 0 amide bonds. The Labute approximate surface area is 100 Å². The van der Waals surface area contributed by atoms with Crippen LogP contribution in [0.3, 0.4) is 0 Å². The third-order valence-electron chi connectivity index (χ3n) is 3.35. The Morgan fingerprint density at radius 1 is 1.47 bits per heavy atom. The number of aromatic nitrogens is 2. The van der Waals surface area contributed by atoms with Crippen LogP contribution < -0.4 is 5.73 Å². The van der Waals surface area contributed by atoms with Crippen molar-refractivity contribution in [2.45, 2.75) is 6.42 Å². The summed E-state index contributed by atoms with van der Waals surface area (Å²) in [6.07, 6.45) is 7.24. The number of H-pyrrole nitrogens is 1. The third kappa shape index (κ3) is 1.80. The van der Waals surface area contributed by atoms with Gasteiger partial charge in [0.25, 0.3) is 0 Å². The highest BCUT2D eigenvalue weighted by molar-refractivity contribution is 5.93. The van der Waals surface area contributed by atoms with E-state index in [0.717, 1.165) is 25.0 Å². The van der Waals surface area contributed by atoms with Crippen molar-refractivity contribution in [3.63, 3.8) is 0 Å². The lowest BCUT2D eigenvalue weighted by molar-refractivity contribution is 0.370. The van der Waals surface area contributed by atoms with Crippen LogP contribution in [0.5, 0.6) is 0 Å². The number of nitrogens with zero attached hydrogens (tertiary/aromatic N) is 2. The summed E-state index contributed by atoms with van der Waals surface area (Å²) in [7, 11) is 2.14. The van der Waals surface area contributed by atoms with Gasteiger partial charge in [-0.2, -0.15) is 0 Å². The summed E-state index contributed by atoms with van der Waals surface area (Å²) in [5, 5.41) is 1.17. The van der Waals surface area contributed by atoms with Crippen LogP contribution in [0, 0.1) is 0 Å². The van der Waals surface area contributed by atoms with E-state index in [1.807, 2.05) is 6.07 Å². The summed E-state index contributed by atoms with van der Waals surface area (Å²) in [5.41, 5.74) is 9.47. The molecule has 0 spiro atoms. The van der Waals surface area contributed by atoms with Gasteiger partial charge >= 0.3 is 0 Å². The molecule has 0 fully saturated rings. The van der Waals surface area contributed by atoms with E-state index >= 15 is 0 Å². The first-order valence-corrected chi connectivity index (χ1v) is 5.84. The molecule has 0 saturated heterocycles.